The summed E-state index contributed by atoms with van der Waals surface area (Å²) in [5.74, 6) is -0.262. The number of hydrogen-bond donors (Lipinski definition) is 2. The summed E-state index contributed by atoms with van der Waals surface area (Å²) in [7, 11) is 0. The Morgan fingerprint density at radius 2 is 1.60 bits per heavy atom. The summed E-state index contributed by atoms with van der Waals surface area (Å²) in [4.78, 5) is 40.6. The SMILES string of the molecule is CCN(CC)C(=O)N1CCC(C(=O)Nc2ccc(NC(=O)c3ccco3)cc2)CC1. The summed E-state index contributed by atoms with van der Waals surface area (Å²) in [6.07, 6.45) is 2.74. The van der Waals surface area contributed by atoms with E-state index in [4.69, 9.17) is 4.42 Å². The number of nitrogens with one attached hydrogen (secondary N) is 2. The van der Waals surface area contributed by atoms with Gasteiger partial charge < -0.3 is 24.9 Å². The summed E-state index contributed by atoms with van der Waals surface area (Å²) < 4.78 is 5.06. The Morgan fingerprint density at radius 3 is 2.13 bits per heavy atom. The number of amides is 4. The third kappa shape index (κ3) is 5.20. The molecule has 160 valence electrons. The number of furan rings is 1. The van der Waals surface area contributed by atoms with Gasteiger partial charge in [-0.25, -0.2) is 4.79 Å². The van der Waals surface area contributed by atoms with E-state index in [-0.39, 0.29) is 29.5 Å². The predicted octanol–water partition coefficient (Wildman–Crippen LogP) is 3.64. The first-order chi connectivity index (χ1) is 14.5. The van der Waals surface area contributed by atoms with Crippen LogP contribution in [0.2, 0.25) is 0 Å². The zero-order chi connectivity index (χ0) is 21.5. The quantitative estimate of drug-likeness (QED) is 0.757. The molecular formula is C22H28N4O4. The standard InChI is InChI=1S/C22H28N4O4/c1-3-25(4-2)22(29)26-13-11-16(12-14-26)20(27)23-17-7-9-18(10-8-17)24-21(28)19-6-5-15-30-19/h5-10,15-16H,3-4,11-14H2,1-2H3,(H,23,27)(H,24,28). The molecule has 0 spiro atoms. The van der Waals surface area contributed by atoms with Crippen LogP contribution >= 0.6 is 0 Å². The van der Waals surface area contributed by atoms with Crippen LogP contribution in [0.4, 0.5) is 16.2 Å². The number of carbonyl (C=O) groups excluding carboxylic acids is 3. The minimum atomic E-state index is -0.331. The van der Waals surface area contributed by atoms with Gasteiger partial charge in [0, 0.05) is 43.5 Å². The molecule has 8 heteroatoms. The van der Waals surface area contributed by atoms with Crippen molar-refractivity contribution in [2.24, 2.45) is 5.92 Å². The lowest BCUT2D eigenvalue weighted by Crippen LogP contribution is -2.47. The minimum Gasteiger partial charge on any atom is -0.459 e. The second-order valence-corrected chi connectivity index (χ2v) is 7.21. The molecule has 3 rings (SSSR count). The molecular weight excluding hydrogens is 384 g/mol. The van der Waals surface area contributed by atoms with E-state index < -0.39 is 0 Å². The van der Waals surface area contributed by atoms with Crippen LogP contribution in [0.5, 0.6) is 0 Å². The molecule has 8 nitrogen and oxygen atoms in total. The zero-order valence-corrected chi connectivity index (χ0v) is 17.4. The van der Waals surface area contributed by atoms with Crippen LogP contribution in [-0.2, 0) is 4.79 Å². The molecule has 1 fully saturated rings. The second-order valence-electron chi connectivity index (χ2n) is 7.21. The van der Waals surface area contributed by atoms with Gasteiger partial charge in [0.05, 0.1) is 6.26 Å². The Hall–Kier alpha value is -3.29. The van der Waals surface area contributed by atoms with E-state index in [0.29, 0.717) is 50.4 Å². The smallest absolute Gasteiger partial charge is 0.319 e. The molecule has 1 saturated heterocycles. The molecule has 2 heterocycles. The lowest BCUT2D eigenvalue weighted by atomic mass is 9.96. The highest BCUT2D eigenvalue weighted by molar-refractivity contribution is 6.02. The molecule has 0 atom stereocenters. The van der Waals surface area contributed by atoms with E-state index in [0.717, 1.165) is 0 Å². The van der Waals surface area contributed by atoms with Crippen molar-refractivity contribution >= 4 is 29.2 Å². The number of benzene rings is 1. The summed E-state index contributed by atoms with van der Waals surface area (Å²) in [6.45, 7) is 6.49. The van der Waals surface area contributed by atoms with Crippen LogP contribution in [0.15, 0.2) is 47.1 Å². The van der Waals surface area contributed by atoms with Gasteiger partial charge in [0.1, 0.15) is 0 Å². The molecule has 1 aromatic carbocycles. The molecule has 1 aliphatic rings. The van der Waals surface area contributed by atoms with E-state index >= 15 is 0 Å². The van der Waals surface area contributed by atoms with Crippen LogP contribution in [0, 0.1) is 5.92 Å². The number of nitrogens with zero attached hydrogens (tertiary/aromatic N) is 2. The van der Waals surface area contributed by atoms with Crippen molar-refractivity contribution in [2.75, 3.05) is 36.8 Å². The van der Waals surface area contributed by atoms with Crippen molar-refractivity contribution in [3.05, 3.63) is 48.4 Å². The average molecular weight is 412 g/mol. The highest BCUT2D eigenvalue weighted by Crippen LogP contribution is 2.21. The Kier molecular flexibility index (Phi) is 7.11. The molecule has 2 aromatic rings. The fraction of sp³-hybridized carbons (Fsp3) is 0.409. The normalized spacial score (nSPS) is 14.3. The maximum absolute atomic E-state index is 12.6. The maximum Gasteiger partial charge on any atom is 0.319 e. The van der Waals surface area contributed by atoms with Crippen molar-refractivity contribution in [3.63, 3.8) is 0 Å². The Morgan fingerprint density at radius 1 is 1.00 bits per heavy atom. The Balaban J connectivity index is 1.48. The lowest BCUT2D eigenvalue weighted by Gasteiger charge is -2.34. The molecule has 30 heavy (non-hydrogen) atoms. The van der Waals surface area contributed by atoms with Gasteiger partial charge in [-0.1, -0.05) is 0 Å². The van der Waals surface area contributed by atoms with Crippen LogP contribution < -0.4 is 10.6 Å². The van der Waals surface area contributed by atoms with E-state index in [1.807, 2.05) is 18.7 Å². The first-order valence-corrected chi connectivity index (χ1v) is 10.3. The van der Waals surface area contributed by atoms with Crippen molar-refractivity contribution in [2.45, 2.75) is 26.7 Å². The number of carbonyl (C=O) groups is 3. The van der Waals surface area contributed by atoms with E-state index in [1.165, 1.54) is 6.26 Å². The van der Waals surface area contributed by atoms with Crippen molar-refractivity contribution in [1.82, 2.24) is 9.80 Å². The van der Waals surface area contributed by atoms with Crippen molar-refractivity contribution < 1.29 is 18.8 Å². The van der Waals surface area contributed by atoms with E-state index in [2.05, 4.69) is 10.6 Å². The molecule has 0 saturated carbocycles. The number of rotatable bonds is 6. The zero-order valence-electron chi connectivity index (χ0n) is 17.4. The summed E-state index contributed by atoms with van der Waals surface area (Å²) in [6, 6.07) is 10.2. The predicted molar refractivity (Wildman–Crippen MR) is 114 cm³/mol. The number of piperidine rings is 1. The topological polar surface area (TPSA) is 94.9 Å². The van der Waals surface area contributed by atoms with Crippen molar-refractivity contribution in [3.8, 4) is 0 Å². The molecule has 0 bridgehead atoms. The highest BCUT2D eigenvalue weighted by atomic mass is 16.3. The largest absolute Gasteiger partial charge is 0.459 e. The fourth-order valence-corrected chi connectivity index (χ4v) is 3.51. The average Bonchev–Trinajstić information content (AvgIpc) is 3.31. The van der Waals surface area contributed by atoms with Crippen LogP contribution in [0.3, 0.4) is 0 Å². The van der Waals surface area contributed by atoms with E-state index in [1.54, 1.807) is 41.3 Å². The van der Waals surface area contributed by atoms with Gasteiger partial charge in [0.15, 0.2) is 5.76 Å². The van der Waals surface area contributed by atoms with E-state index in [9.17, 15) is 14.4 Å². The summed E-state index contributed by atoms with van der Waals surface area (Å²) in [5.41, 5.74) is 1.27. The first-order valence-electron chi connectivity index (χ1n) is 10.3. The van der Waals surface area contributed by atoms with Crippen LogP contribution in [-0.4, -0.2) is 53.8 Å². The molecule has 2 N–H and O–H groups in total. The fourth-order valence-electron chi connectivity index (χ4n) is 3.51. The van der Waals surface area contributed by atoms with Crippen LogP contribution in [0.1, 0.15) is 37.2 Å². The number of urea groups is 1. The summed E-state index contributed by atoms with van der Waals surface area (Å²) in [5, 5.41) is 5.66. The third-order valence-corrected chi connectivity index (χ3v) is 5.33. The summed E-state index contributed by atoms with van der Waals surface area (Å²) >= 11 is 0. The van der Waals surface area contributed by atoms with Crippen molar-refractivity contribution in [1.29, 1.82) is 0 Å². The third-order valence-electron chi connectivity index (χ3n) is 5.33. The minimum absolute atomic E-state index is 0.0442. The van der Waals surface area contributed by atoms with Gasteiger partial charge in [0.25, 0.3) is 5.91 Å². The molecule has 0 radical (unpaired) electrons. The van der Waals surface area contributed by atoms with Gasteiger partial charge in [-0.05, 0) is 63.1 Å². The maximum atomic E-state index is 12.6. The number of hydrogen-bond acceptors (Lipinski definition) is 4. The van der Waals surface area contributed by atoms with Gasteiger partial charge in [0.2, 0.25) is 5.91 Å². The molecule has 0 aliphatic carbocycles. The van der Waals surface area contributed by atoms with Crippen LogP contribution in [0.25, 0.3) is 0 Å². The first kappa shape index (κ1) is 21.4. The van der Waals surface area contributed by atoms with Gasteiger partial charge in [-0.15, -0.1) is 0 Å². The molecule has 1 aliphatic heterocycles. The number of likely N-dealkylation sites (tertiary alicyclic amines) is 1. The number of anilines is 2. The van der Waals surface area contributed by atoms with Gasteiger partial charge in [-0.3, -0.25) is 9.59 Å². The second kappa shape index (κ2) is 9.96. The Bertz CT molecular complexity index is 852. The Labute approximate surface area is 176 Å². The monoisotopic (exact) mass is 412 g/mol. The molecule has 4 amide bonds. The van der Waals surface area contributed by atoms with Gasteiger partial charge in [-0.2, -0.15) is 0 Å². The highest BCUT2D eigenvalue weighted by Gasteiger charge is 2.28. The molecule has 0 unspecified atom stereocenters. The molecule has 1 aromatic heterocycles. The van der Waals surface area contributed by atoms with Gasteiger partial charge >= 0.3 is 6.03 Å². The lowest BCUT2D eigenvalue weighted by molar-refractivity contribution is -0.121.